The van der Waals surface area contributed by atoms with Gasteiger partial charge in [0.05, 0.1) is 25.5 Å². The van der Waals surface area contributed by atoms with E-state index in [9.17, 15) is 26.7 Å². The van der Waals surface area contributed by atoms with E-state index in [1.165, 1.54) is 32.4 Å². The molecule has 0 spiro atoms. The molecule has 2 amide bonds. The lowest BCUT2D eigenvalue weighted by Crippen LogP contribution is -2.25. The quantitative estimate of drug-likeness (QED) is 0.186. The second-order valence-corrected chi connectivity index (χ2v) is 9.99. The molecule has 1 unspecified atom stereocenters. The molecule has 4 aromatic rings. The van der Waals surface area contributed by atoms with Crippen molar-refractivity contribution in [3.8, 4) is 11.5 Å². The molecule has 1 aliphatic rings. The zero-order chi connectivity index (χ0) is 31.4. The Morgan fingerprint density at radius 2 is 1.48 bits per heavy atom. The molecule has 0 aromatic heterocycles. The van der Waals surface area contributed by atoms with Crippen LogP contribution < -0.4 is 25.4 Å². The van der Waals surface area contributed by atoms with Gasteiger partial charge in [-0.15, -0.1) is 0 Å². The first-order chi connectivity index (χ1) is 21.0. The minimum Gasteiger partial charge on any atom is -0.493 e. The van der Waals surface area contributed by atoms with Crippen LogP contribution in [0.4, 0.5) is 43.8 Å². The topological polar surface area (TPSA) is 84.0 Å². The average molecular weight is 611 g/mol. The number of hydrogen-bond acceptors (Lipinski definition) is 5. The summed E-state index contributed by atoms with van der Waals surface area (Å²) in [6.07, 6.45) is -3.89. The predicted octanol–water partition coefficient (Wildman–Crippen LogP) is 7.84. The van der Waals surface area contributed by atoms with Gasteiger partial charge >= 0.3 is 12.2 Å². The molecule has 1 heterocycles. The Kier molecular flexibility index (Phi) is 8.70. The number of amidine groups is 1. The standard InChI is InChI=1S/C32H27F5N4O3/c1-43-28-15-24-19(17-38-30(25(24)16-29(28)44-2)41-27-12-7-21(33)14-26(27)34)13-18-3-8-22(9-4-18)39-31(42)40-23-10-5-20(6-11-23)32(35,36)37/h3-12,14-16,19H,13,17H2,1-2H3,(H,38,41)(H2,39,40,42). The van der Waals surface area contributed by atoms with Gasteiger partial charge in [-0.25, -0.2) is 13.6 Å². The highest BCUT2D eigenvalue weighted by atomic mass is 19.4. The Morgan fingerprint density at radius 3 is 2.07 bits per heavy atom. The van der Waals surface area contributed by atoms with Gasteiger partial charge in [0.25, 0.3) is 0 Å². The van der Waals surface area contributed by atoms with Crippen LogP contribution in [0.5, 0.6) is 11.5 Å². The second-order valence-electron chi connectivity index (χ2n) is 9.99. The molecule has 44 heavy (non-hydrogen) atoms. The van der Waals surface area contributed by atoms with E-state index in [1.54, 1.807) is 18.2 Å². The smallest absolute Gasteiger partial charge is 0.416 e. The predicted molar refractivity (Wildman–Crippen MR) is 158 cm³/mol. The number of anilines is 3. The van der Waals surface area contributed by atoms with E-state index in [4.69, 9.17) is 9.47 Å². The fraction of sp³-hybridized carbons (Fsp3) is 0.188. The summed E-state index contributed by atoms with van der Waals surface area (Å²) in [5.74, 6) is -0.142. The number of alkyl halides is 3. The lowest BCUT2D eigenvalue weighted by atomic mass is 9.86. The molecule has 1 atom stereocenters. The minimum absolute atomic E-state index is 0.0785. The fourth-order valence-corrected chi connectivity index (χ4v) is 4.87. The summed E-state index contributed by atoms with van der Waals surface area (Å²) < 4.78 is 77.2. The van der Waals surface area contributed by atoms with Crippen LogP contribution >= 0.6 is 0 Å². The highest BCUT2D eigenvalue weighted by Crippen LogP contribution is 2.38. The van der Waals surface area contributed by atoms with Crippen LogP contribution in [0.1, 0.15) is 28.2 Å². The molecular formula is C32H27F5N4O3. The highest BCUT2D eigenvalue weighted by molar-refractivity contribution is 6.10. The Labute approximate surface area is 249 Å². The lowest BCUT2D eigenvalue weighted by Gasteiger charge is -2.27. The molecule has 1 aliphatic heterocycles. The van der Waals surface area contributed by atoms with Crippen molar-refractivity contribution < 1.29 is 36.2 Å². The second kappa shape index (κ2) is 12.6. The van der Waals surface area contributed by atoms with Gasteiger partial charge in [0.1, 0.15) is 17.5 Å². The van der Waals surface area contributed by atoms with Crippen LogP contribution in [0.2, 0.25) is 0 Å². The zero-order valence-electron chi connectivity index (χ0n) is 23.6. The van der Waals surface area contributed by atoms with E-state index in [-0.39, 0.29) is 17.3 Å². The van der Waals surface area contributed by atoms with Gasteiger partial charge in [0.2, 0.25) is 0 Å². The molecule has 0 saturated carbocycles. The first kappa shape index (κ1) is 30.3. The molecule has 7 nitrogen and oxygen atoms in total. The highest BCUT2D eigenvalue weighted by Gasteiger charge is 2.30. The number of nitrogens with zero attached hydrogens (tertiary/aromatic N) is 1. The van der Waals surface area contributed by atoms with Gasteiger partial charge in [-0.05, 0) is 78.2 Å². The van der Waals surface area contributed by atoms with Crippen LogP contribution in [0, 0.1) is 11.6 Å². The molecule has 12 heteroatoms. The van der Waals surface area contributed by atoms with Crippen LogP contribution in [0.3, 0.4) is 0 Å². The number of carbonyl (C=O) groups is 1. The van der Waals surface area contributed by atoms with Gasteiger partial charge in [-0.1, -0.05) is 12.1 Å². The normalized spacial score (nSPS) is 14.2. The van der Waals surface area contributed by atoms with Crippen molar-refractivity contribution in [3.63, 3.8) is 0 Å². The van der Waals surface area contributed by atoms with Crippen molar-refractivity contribution >= 4 is 28.9 Å². The summed E-state index contributed by atoms with van der Waals surface area (Å²) in [5, 5.41) is 8.14. The maximum absolute atomic E-state index is 14.4. The summed E-state index contributed by atoms with van der Waals surface area (Å²) in [7, 11) is 3.04. The Hall–Kier alpha value is -5.13. The molecule has 4 aromatic carbocycles. The molecule has 3 N–H and O–H groups in total. The molecular weight excluding hydrogens is 583 g/mol. The average Bonchev–Trinajstić information content (AvgIpc) is 2.99. The Bertz CT molecular complexity index is 1690. The summed E-state index contributed by atoms with van der Waals surface area (Å²) >= 11 is 0. The molecule has 0 radical (unpaired) electrons. The number of methoxy groups -OCH3 is 2. The Morgan fingerprint density at radius 1 is 0.864 bits per heavy atom. The van der Waals surface area contributed by atoms with E-state index in [1.807, 2.05) is 18.2 Å². The summed E-state index contributed by atoms with van der Waals surface area (Å²) in [4.78, 5) is 17.1. The van der Waals surface area contributed by atoms with Gasteiger partial charge in [-0.3, -0.25) is 4.99 Å². The number of urea groups is 1. The number of rotatable bonds is 7. The van der Waals surface area contributed by atoms with E-state index in [2.05, 4.69) is 20.9 Å². The van der Waals surface area contributed by atoms with E-state index >= 15 is 0 Å². The van der Waals surface area contributed by atoms with Crippen LogP contribution in [0.25, 0.3) is 0 Å². The summed E-state index contributed by atoms with van der Waals surface area (Å²) in [5.41, 5.74) is 2.49. The first-order valence-electron chi connectivity index (χ1n) is 13.4. The third kappa shape index (κ3) is 6.91. The summed E-state index contributed by atoms with van der Waals surface area (Å²) in [6, 6.07) is 17.5. The SMILES string of the molecule is COc1cc2c(cc1OC)C(Cc1ccc(NC(=O)Nc3ccc(C(F)(F)F)cc3)cc1)CN=C2Nc1ccc(F)cc1F. The minimum atomic E-state index is -4.46. The Balaban J connectivity index is 1.30. The van der Waals surface area contributed by atoms with Gasteiger partial charge in [0, 0.05) is 35.5 Å². The van der Waals surface area contributed by atoms with Gasteiger partial charge < -0.3 is 25.4 Å². The van der Waals surface area contributed by atoms with E-state index < -0.39 is 29.4 Å². The van der Waals surface area contributed by atoms with Crippen LogP contribution in [-0.4, -0.2) is 32.6 Å². The monoisotopic (exact) mass is 610 g/mol. The molecule has 0 bridgehead atoms. The molecule has 0 saturated heterocycles. The van der Waals surface area contributed by atoms with Crippen LogP contribution in [-0.2, 0) is 12.6 Å². The maximum Gasteiger partial charge on any atom is 0.416 e. The van der Waals surface area contributed by atoms with Crippen molar-refractivity contribution in [1.29, 1.82) is 0 Å². The van der Waals surface area contributed by atoms with E-state index in [0.29, 0.717) is 41.6 Å². The fourth-order valence-electron chi connectivity index (χ4n) is 4.87. The number of halogens is 5. The number of amides is 2. The third-order valence-corrected chi connectivity index (χ3v) is 7.07. The number of fused-ring (bicyclic) bond motifs is 1. The van der Waals surface area contributed by atoms with Crippen LogP contribution in [0.15, 0.2) is 83.9 Å². The summed E-state index contributed by atoms with van der Waals surface area (Å²) in [6.45, 7) is 0.364. The number of ether oxygens (including phenoxy) is 2. The van der Waals surface area contributed by atoms with Crippen molar-refractivity contribution in [2.24, 2.45) is 4.99 Å². The van der Waals surface area contributed by atoms with Crippen molar-refractivity contribution in [2.75, 3.05) is 36.7 Å². The third-order valence-electron chi connectivity index (χ3n) is 7.07. The number of carbonyl (C=O) groups excluding carboxylic acids is 1. The number of aliphatic imine (C=N–C) groups is 1. The van der Waals surface area contributed by atoms with Gasteiger partial charge in [0.15, 0.2) is 11.5 Å². The van der Waals surface area contributed by atoms with Crippen molar-refractivity contribution in [2.45, 2.75) is 18.5 Å². The number of nitrogens with one attached hydrogen (secondary N) is 3. The first-order valence-corrected chi connectivity index (χ1v) is 13.4. The number of hydrogen-bond donors (Lipinski definition) is 3. The van der Waals surface area contributed by atoms with Crippen molar-refractivity contribution in [1.82, 2.24) is 0 Å². The van der Waals surface area contributed by atoms with E-state index in [0.717, 1.165) is 35.4 Å². The largest absolute Gasteiger partial charge is 0.493 e. The molecule has 0 fully saturated rings. The number of benzene rings is 4. The molecule has 5 rings (SSSR count). The molecule has 228 valence electrons. The maximum atomic E-state index is 14.4. The lowest BCUT2D eigenvalue weighted by molar-refractivity contribution is -0.137. The van der Waals surface area contributed by atoms with Crippen molar-refractivity contribution in [3.05, 3.63) is 113 Å². The molecule has 0 aliphatic carbocycles. The zero-order valence-corrected chi connectivity index (χ0v) is 23.6. The van der Waals surface area contributed by atoms with Gasteiger partial charge in [-0.2, -0.15) is 13.2 Å².